The van der Waals surface area contributed by atoms with Crippen LogP contribution in [0.2, 0.25) is 0 Å². The summed E-state index contributed by atoms with van der Waals surface area (Å²) >= 11 is 0. The van der Waals surface area contributed by atoms with Gasteiger partial charge in [0.1, 0.15) is 11.4 Å². The molecule has 2 N–H and O–H groups in total. The molecule has 1 aliphatic carbocycles. The van der Waals surface area contributed by atoms with Crippen LogP contribution in [-0.2, 0) is 4.74 Å². The number of alkyl halides is 2. The number of amides is 1. The van der Waals surface area contributed by atoms with Crippen molar-refractivity contribution in [3.8, 4) is 11.5 Å². The van der Waals surface area contributed by atoms with Gasteiger partial charge in [-0.3, -0.25) is 0 Å². The van der Waals surface area contributed by atoms with Gasteiger partial charge in [-0.05, 0) is 52.2 Å². The molecule has 8 heteroatoms. The number of hydrogen-bond acceptors (Lipinski definition) is 4. The van der Waals surface area contributed by atoms with Crippen molar-refractivity contribution in [3.05, 3.63) is 24.0 Å². The average Bonchev–Trinajstić information content (AvgIpc) is 2.36. The number of carbonyl (C=O) groups is 1. The highest BCUT2D eigenvalue weighted by Crippen LogP contribution is 2.22. The molecule has 1 aromatic rings. The third-order valence-electron chi connectivity index (χ3n) is 2.96. The number of alkyl carbamates (subject to hydrolysis) is 1. The zero-order valence-electron chi connectivity index (χ0n) is 13.8. The fraction of sp³-hybridized carbons (Fsp3) is 0.562. The van der Waals surface area contributed by atoms with E-state index in [9.17, 15) is 18.0 Å². The number of phenolic OH excluding ortho intramolecular Hbond substituents is 1. The minimum absolute atomic E-state index is 0.285. The topological polar surface area (TPSA) is 67.8 Å². The Bertz CT molecular complexity index is 543. The minimum Gasteiger partial charge on any atom is -0.508 e. The number of hydrogen-bond donors (Lipinski definition) is 2. The van der Waals surface area contributed by atoms with E-state index >= 15 is 0 Å². The van der Waals surface area contributed by atoms with E-state index < -0.39 is 18.2 Å². The number of ether oxygens (including phenoxy) is 2. The third kappa shape index (κ3) is 7.94. The molecule has 1 fully saturated rings. The molecule has 1 amide bonds. The predicted octanol–water partition coefficient (Wildman–Crippen LogP) is 4.20. The van der Waals surface area contributed by atoms with Crippen LogP contribution < -0.4 is 10.1 Å². The van der Waals surface area contributed by atoms with Gasteiger partial charge in [0.05, 0.1) is 0 Å². The summed E-state index contributed by atoms with van der Waals surface area (Å²) in [5, 5.41) is 11.5. The Hall–Kier alpha value is -2.12. The molecule has 0 unspecified atom stereocenters. The van der Waals surface area contributed by atoms with Crippen LogP contribution in [0.5, 0.6) is 11.5 Å². The number of phenols is 1. The highest BCUT2D eigenvalue weighted by molar-refractivity contribution is 5.68. The lowest BCUT2D eigenvalue weighted by molar-refractivity contribution is -0.0522. The van der Waals surface area contributed by atoms with Crippen molar-refractivity contribution in [2.24, 2.45) is 0 Å². The second-order valence-corrected chi connectivity index (χ2v) is 6.27. The first-order valence-electron chi connectivity index (χ1n) is 7.49. The van der Waals surface area contributed by atoms with Gasteiger partial charge in [-0.2, -0.15) is 8.78 Å². The summed E-state index contributed by atoms with van der Waals surface area (Å²) in [5.41, 5.74) is -0.381. The summed E-state index contributed by atoms with van der Waals surface area (Å²) in [6.07, 6.45) is 3.13. The summed E-state index contributed by atoms with van der Waals surface area (Å²) in [7, 11) is 0. The second-order valence-electron chi connectivity index (χ2n) is 6.27. The lowest BCUT2D eigenvalue weighted by atomic mass is 9.93. The van der Waals surface area contributed by atoms with Crippen LogP contribution in [0.15, 0.2) is 18.2 Å². The van der Waals surface area contributed by atoms with E-state index in [-0.39, 0.29) is 17.4 Å². The van der Waals surface area contributed by atoms with Crippen LogP contribution in [-0.4, -0.2) is 29.5 Å². The van der Waals surface area contributed by atoms with Crippen molar-refractivity contribution in [2.75, 3.05) is 0 Å². The van der Waals surface area contributed by atoms with Crippen LogP contribution in [0, 0.1) is 5.82 Å². The zero-order valence-corrected chi connectivity index (χ0v) is 13.8. The molecule has 1 aromatic carbocycles. The molecule has 5 nitrogen and oxygen atoms in total. The standard InChI is InChI=1S/C9H17NO2.C7H5F3O2/c1-9(2,3)12-8(11)10-7-5-4-6-7;8-5-3-4(11)1-2-6(5)12-7(9)10/h7H,4-6H2,1-3H3,(H,10,11);1-3,7,11H. The summed E-state index contributed by atoms with van der Waals surface area (Å²) in [4.78, 5) is 11.1. The van der Waals surface area contributed by atoms with Crippen molar-refractivity contribution in [2.45, 2.75) is 58.3 Å². The maximum absolute atomic E-state index is 12.6. The van der Waals surface area contributed by atoms with Crippen LogP contribution in [0.3, 0.4) is 0 Å². The molecular formula is C16H22F3NO4. The first kappa shape index (κ1) is 19.9. The molecule has 0 aromatic heterocycles. The number of aromatic hydroxyl groups is 1. The normalized spacial score (nSPS) is 14.3. The quantitative estimate of drug-likeness (QED) is 0.858. The summed E-state index contributed by atoms with van der Waals surface area (Å²) in [6, 6.07) is 3.04. The molecule has 0 spiro atoms. The molecule has 136 valence electrons. The van der Waals surface area contributed by atoms with Gasteiger partial charge in [0.15, 0.2) is 11.6 Å². The number of carbonyl (C=O) groups excluding carboxylic acids is 1. The fourth-order valence-electron chi connectivity index (χ4n) is 1.71. The van der Waals surface area contributed by atoms with E-state index in [4.69, 9.17) is 9.84 Å². The van der Waals surface area contributed by atoms with Gasteiger partial charge >= 0.3 is 12.7 Å². The van der Waals surface area contributed by atoms with Crippen LogP contribution in [0.4, 0.5) is 18.0 Å². The Morgan fingerprint density at radius 1 is 1.33 bits per heavy atom. The number of rotatable bonds is 3. The predicted molar refractivity (Wildman–Crippen MR) is 81.7 cm³/mol. The molecule has 0 radical (unpaired) electrons. The molecule has 1 saturated carbocycles. The Kier molecular flexibility index (Phi) is 7.18. The maximum atomic E-state index is 12.6. The Morgan fingerprint density at radius 3 is 2.38 bits per heavy atom. The summed E-state index contributed by atoms with van der Waals surface area (Å²) in [6.45, 7) is 2.54. The van der Waals surface area contributed by atoms with Gasteiger partial charge < -0.3 is 19.9 Å². The van der Waals surface area contributed by atoms with Crippen molar-refractivity contribution in [3.63, 3.8) is 0 Å². The van der Waals surface area contributed by atoms with E-state index in [2.05, 4.69) is 10.1 Å². The highest BCUT2D eigenvalue weighted by Gasteiger charge is 2.22. The average molecular weight is 349 g/mol. The molecule has 0 saturated heterocycles. The number of halogens is 3. The Morgan fingerprint density at radius 2 is 1.96 bits per heavy atom. The Balaban J connectivity index is 0.000000240. The van der Waals surface area contributed by atoms with Gasteiger partial charge in [-0.1, -0.05) is 0 Å². The molecular weight excluding hydrogens is 327 g/mol. The molecule has 0 atom stereocenters. The van der Waals surface area contributed by atoms with Gasteiger partial charge in [0, 0.05) is 12.1 Å². The lowest BCUT2D eigenvalue weighted by Gasteiger charge is -2.28. The zero-order chi connectivity index (χ0) is 18.3. The molecule has 0 bridgehead atoms. The molecule has 0 aliphatic heterocycles. The third-order valence-corrected chi connectivity index (χ3v) is 2.96. The molecule has 1 aliphatic rings. The van der Waals surface area contributed by atoms with Crippen molar-refractivity contribution < 1.29 is 32.5 Å². The van der Waals surface area contributed by atoms with Gasteiger partial charge in [-0.15, -0.1) is 0 Å². The minimum atomic E-state index is -3.07. The van der Waals surface area contributed by atoms with E-state index in [1.165, 1.54) is 6.42 Å². The van der Waals surface area contributed by atoms with Crippen molar-refractivity contribution >= 4 is 6.09 Å². The summed E-state index contributed by atoms with van der Waals surface area (Å²) in [5.74, 6) is -1.94. The lowest BCUT2D eigenvalue weighted by Crippen LogP contribution is -2.42. The van der Waals surface area contributed by atoms with E-state index in [0.717, 1.165) is 25.0 Å². The van der Waals surface area contributed by atoms with Crippen LogP contribution in [0.1, 0.15) is 40.0 Å². The van der Waals surface area contributed by atoms with Crippen molar-refractivity contribution in [1.82, 2.24) is 5.32 Å². The molecule has 24 heavy (non-hydrogen) atoms. The molecule has 0 heterocycles. The SMILES string of the molecule is CC(C)(C)OC(=O)NC1CCC1.Oc1ccc(OC(F)F)c(F)c1. The van der Waals surface area contributed by atoms with Crippen molar-refractivity contribution in [1.29, 1.82) is 0 Å². The monoisotopic (exact) mass is 349 g/mol. The smallest absolute Gasteiger partial charge is 0.407 e. The van der Waals surface area contributed by atoms with E-state index in [1.807, 2.05) is 20.8 Å². The van der Waals surface area contributed by atoms with Crippen LogP contribution in [0.25, 0.3) is 0 Å². The molecule has 2 rings (SSSR count). The first-order chi connectivity index (χ1) is 11.1. The summed E-state index contributed by atoms with van der Waals surface area (Å²) < 4.78 is 44.6. The number of benzene rings is 1. The fourth-order valence-corrected chi connectivity index (χ4v) is 1.71. The number of nitrogens with one attached hydrogen (secondary N) is 1. The second kappa shape index (κ2) is 8.65. The highest BCUT2D eigenvalue weighted by atomic mass is 19.3. The first-order valence-corrected chi connectivity index (χ1v) is 7.49. The van der Waals surface area contributed by atoms with E-state index in [1.54, 1.807) is 0 Å². The largest absolute Gasteiger partial charge is 0.508 e. The van der Waals surface area contributed by atoms with Gasteiger partial charge in [0.2, 0.25) is 0 Å². The maximum Gasteiger partial charge on any atom is 0.407 e. The van der Waals surface area contributed by atoms with Gasteiger partial charge in [0.25, 0.3) is 0 Å². The van der Waals surface area contributed by atoms with Crippen LogP contribution >= 0.6 is 0 Å². The Labute approximate surface area is 138 Å². The van der Waals surface area contributed by atoms with E-state index in [0.29, 0.717) is 12.1 Å². The van der Waals surface area contributed by atoms with Gasteiger partial charge in [-0.25, -0.2) is 9.18 Å².